The molecule has 2 N–H and O–H groups in total. The zero-order valence-corrected chi connectivity index (χ0v) is 12.0. The molecule has 4 nitrogen and oxygen atoms in total. The van der Waals surface area contributed by atoms with Crippen molar-refractivity contribution in [3.8, 4) is 11.5 Å². The van der Waals surface area contributed by atoms with E-state index in [0.29, 0.717) is 0 Å². The Morgan fingerprint density at radius 1 is 1.22 bits per heavy atom. The van der Waals surface area contributed by atoms with Crippen LogP contribution in [0, 0.1) is 6.92 Å². The van der Waals surface area contributed by atoms with Crippen molar-refractivity contribution in [1.82, 2.24) is 4.90 Å². The first-order valence-corrected chi connectivity index (χ1v) is 6.13. The van der Waals surface area contributed by atoms with Gasteiger partial charge in [0.2, 0.25) is 0 Å². The number of hydrogen-bond donors (Lipinski definition) is 1. The van der Waals surface area contributed by atoms with Crippen LogP contribution in [0.1, 0.15) is 18.1 Å². The summed E-state index contributed by atoms with van der Waals surface area (Å²) in [6.07, 6.45) is 0. The van der Waals surface area contributed by atoms with E-state index in [4.69, 9.17) is 15.2 Å². The third kappa shape index (κ3) is 3.89. The van der Waals surface area contributed by atoms with Crippen molar-refractivity contribution in [1.29, 1.82) is 0 Å². The summed E-state index contributed by atoms with van der Waals surface area (Å²) in [5.41, 5.74) is 8.23. The molecule has 4 heteroatoms. The number of likely N-dealkylation sites (N-methyl/N-ethyl adjacent to an activating group) is 1. The minimum Gasteiger partial charge on any atom is -0.493 e. The summed E-state index contributed by atoms with van der Waals surface area (Å²) in [6, 6.07) is 4.22. The number of rotatable bonds is 6. The number of benzene rings is 1. The molecule has 0 aromatic heterocycles. The number of nitrogens with two attached hydrogens (primary N) is 1. The quantitative estimate of drug-likeness (QED) is 0.838. The van der Waals surface area contributed by atoms with Gasteiger partial charge < -0.3 is 20.1 Å². The third-order valence-electron chi connectivity index (χ3n) is 2.88. The Labute approximate surface area is 110 Å². The topological polar surface area (TPSA) is 47.7 Å². The maximum absolute atomic E-state index is 5.80. The van der Waals surface area contributed by atoms with Gasteiger partial charge in [-0.3, -0.25) is 0 Å². The predicted molar refractivity (Wildman–Crippen MR) is 74.3 cm³/mol. The largest absolute Gasteiger partial charge is 0.493 e. The SMILES string of the molecule is COc1cc(C)c(CN(C)CC(C)N)cc1OC. The Hall–Kier alpha value is -1.26. The van der Waals surface area contributed by atoms with Crippen molar-refractivity contribution in [3.05, 3.63) is 23.3 Å². The average Bonchev–Trinajstić information content (AvgIpc) is 2.30. The summed E-state index contributed by atoms with van der Waals surface area (Å²) >= 11 is 0. The average molecular weight is 252 g/mol. The molecule has 0 bridgehead atoms. The minimum atomic E-state index is 0.176. The Bertz CT molecular complexity index is 392. The molecule has 1 aromatic rings. The first kappa shape index (κ1) is 14.8. The van der Waals surface area contributed by atoms with Crippen molar-refractivity contribution in [3.63, 3.8) is 0 Å². The normalized spacial score (nSPS) is 12.6. The molecule has 0 saturated heterocycles. The highest BCUT2D eigenvalue weighted by molar-refractivity contribution is 5.47. The fourth-order valence-corrected chi connectivity index (χ4v) is 2.04. The van der Waals surface area contributed by atoms with E-state index >= 15 is 0 Å². The van der Waals surface area contributed by atoms with E-state index in [2.05, 4.69) is 18.9 Å². The highest BCUT2D eigenvalue weighted by Crippen LogP contribution is 2.30. The van der Waals surface area contributed by atoms with Crippen LogP contribution in [0.25, 0.3) is 0 Å². The molecular formula is C14H24N2O2. The first-order chi connectivity index (χ1) is 8.47. The van der Waals surface area contributed by atoms with Crippen molar-refractivity contribution >= 4 is 0 Å². The van der Waals surface area contributed by atoms with Crippen LogP contribution in [-0.2, 0) is 6.54 Å². The Kier molecular flexibility index (Phi) is 5.44. The lowest BCUT2D eigenvalue weighted by atomic mass is 10.1. The molecule has 1 aromatic carbocycles. The molecule has 1 unspecified atom stereocenters. The first-order valence-electron chi connectivity index (χ1n) is 6.13. The summed E-state index contributed by atoms with van der Waals surface area (Å²) < 4.78 is 10.6. The van der Waals surface area contributed by atoms with E-state index in [0.717, 1.165) is 24.6 Å². The van der Waals surface area contributed by atoms with Crippen LogP contribution in [-0.4, -0.2) is 38.8 Å². The fourth-order valence-electron chi connectivity index (χ4n) is 2.04. The number of methoxy groups -OCH3 is 2. The highest BCUT2D eigenvalue weighted by Gasteiger charge is 2.10. The van der Waals surface area contributed by atoms with Crippen molar-refractivity contribution in [2.75, 3.05) is 27.8 Å². The van der Waals surface area contributed by atoms with Gasteiger partial charge >= 0.3 is 0 Å². The minimum absolute atomic E-state index is 0.176. The van der Waals surface area contributed by atoms with E-state index in [9.17, 15) is 0 Å². The second-order valence-corrected chi connectivity index (χ2v) is 4.81. The predicted octanol–water partition coefficient (Wildman–Crippen LogP) is 1.79. The van der Waals surface area contributed by atoms with Crippen LogP contribution < -0.4 is 15.2 Å². The monoisotopic (exact) mass is 252 g/mol. The van der Waals surface area contributed by atoms with Gasteiger partial charge in [-0.05, 0) is 44.2 Å². The van der Waals surface area contributed by atoms with Gasteiger partial charge in [0.25, 0.3) is 0 Å². The van der Waals surface area contributed by atoms with Gasteiger partial charge in [0.05, 0.1) is 14.2 Å². The Morgan fingerprint density at radius 2 is 1.78 bits per heavy atom. The summed E-state index contributed by atoms with van der Waals surface area (Å²) in [5.74, 6) is 1.54. The van der Waals surface area contributed by atoms with Gasteiger partial charge in [-0.15, -0.1) is 0 Å². The second-order valence-electron chi connectivity index (χ2n) is 4.81. The van der Waals surface area contributed by atoms with Crippen LogP contribution in [0.3, 0.4) is 0 Å². The van der Waals surface area contributed by atoms with Gasteiger partial charge in [-0.1, -0.05) is 0 Å². The zero-order valence-electron chi connectivity index (χ0n) is 12.0. The summed E-state index contributed by atoms with van der Waals surface area (Å²) in [6.45, 7) is 5.82. The molecular weight excluding hydrogens is 228 g/mol. The van der Waals surface area contributed by atoms with E-state index in [1.54, 1.807) is 14.2 Å². The molecule has 0 spiro atoms. The van der Waals surface area contributed by atoms with Crippen molar-refractivity contribution in [2.45, 2.75) is 26.4 Å². The van der Waals surface area contributed by atoms with E-state index in [1.165, 1.54) is 11.1 Å². The van der Waals surface area contributed by atoms with Gasteiger partial charge in [-0.25, -0.2) is 0 Å². The van der Waals surface area contributed by atoms with Crippen LogP contribution in [0.5, 0.6) is 11.5 Å². The van der Waals surface area contributed by atoms with Gasteiger partial charge in [0, 0.05) is 19.1 Å². The van der Waals surface area contributed by atoms with Gasteiger partial charge in [0.15, 0.2) is 11.5 Å². The lowest BCUT2D eigenvalue weighted by Crippen LogP contribution is -2.32. The van der Waals surface area contributed by atoms with E-state index in [-0.39, 0.29) is 6.04 Å². The molecule has 0 aliphatic heterocycles. The van der Waals surface area contributed by atoms with E-state index in [1.807, 2.05) is 19.1 Å². The maximum Gasteiger partial charge on any atom is 0.161 e. The molecule has 0 saturated carbocycles. The highest BCUT2D eigenvalue weighted by atomic mass is 16.5. The number of aryl methyl sites for hydroxylation is 1. The molecule has 0 aliphatic carbocycles. The van der Waals surface area contributed by atoms with Crippen LogP contribution in [0.4, 0.5) is 0 Å². The van der Waals surface area contributed by atoms with Crippen molar-refractivity contribution in [2.24, 2.45) is 5.73 Å². The molecule has 0 radical (unpaired) electrons. The molecule has 1 atom stereocenters. The summed E-state index contributed by atoms with van der Waals surface area (Å²) in [7, 11) is 5.38. The molecule has 0 aliphatic rings. The fraction of sp³-hybridized carbons (Fsp3) is 0.571. The molecule has 102 valence electrons. The van der Waals surface area contributed by atoms with Crippen molar-refractivity contribution < 1.29 is 9.47 Å². The van der Waals surface area contributed by atoms with Gasteiger partial charge in [0.1, 0.15) is 0 Å². The molecule has 0 heterocycles. The van der Waals surface area contributed by atoms with E-state index < -0.39 is 0 Å². The Morgan fingerprint density at radius 3 is 2.28 bits per heavy atom. The molecule has 1 rings (SSSR count). The Balaban J connectivity index is 2.89. The number of nitrogens with zero attached hydrogens (tertiary/aromatic N) is 1. The van der Waals surface area contributed by atoms with Gasteiger partial charge in [-0.2, -0.15) is 0 Å². The lowest BCUT2D eigenvalue weighted by Gasteiger charge is -2.21. The molecule has 18 heavy (non-hydrogen) atoms. The van der Waals surface area contributed by atoms with Crippen LogP contribution in [0.15, 0.2) is 12.1 Å². The zero-order chi connectivity index (χ0) is 13.7. The summed E-state index contributed by atoms with van der Waals surface area (Å²) in [4.78, 5) is 2.21. The molecule has 0 amide bonds. The van der Waals surface area contributed by atoms with Crippen LogP contribution >= 0.6 is 0 Å². The smallest absolute Gasteiger partial charge is 0.161 e. The number of hydrogen-bond acceptors (Lipinski definition) is 4. The molecule has 0 fully saturated rings. The summed E-state index contributed by atoms with van der Waals surface area (Å²) in [5, 5.41) is 0. The lowest BCUT2D eigenvalue weighted by molar-refractivity contribution is 0.307. The second kappa shape index (κ2) is 6.61. The van der Waals surface area contributed by atoms with Crippen LogP contribution in [0.2, 0.25) is 0 Å². The number of ether oxygens (including phenoxy) is 2. The third-order valence-corrected chi connectivity index (χ3v) is 2.88. The standard InChI is InChI=1S/C14H24N2O2/c1-10-6-13(17-4)14(18-5)7-12(10)9-16(3)8-11(2)15/h6-7,11H,8-9,15H2,1-5H3. The maximum atomic E-state index is 5.80.